The predicted octanol–water partition coefficient (Wildman–Crippen LogP) is 2.99. The molecular weight excluding hydrogens is 539 g/mol. The number of carboxylic acids is 3. The maximum atomic E-state index is 13.4. The van der Waals surface area contributed by atoms with Crippen LogP contribution >= 0.6 is 0 Å². The van der Waals surface area contributed by atoms with Gasteiger partial charge in [-0.25, -0.2) is 9.18 Å². The summed E-state index contributed by atoms with van der Waals surface area (Å²) in [6.07, 6.45) is -0.552. The summed E-state index contributed by atoms with van der Waals surface area (Å²) in [5.74, 6) is -4.45. The van der Waals surface area contributed by atoms with Gasteiger partial charge in [-0.1, -0.05) is 24.3 Å². The Morgan fingerprint density at radius 1 is 1.00 bits per heavy atom. The standard InChI is InChI=1S/C23H29FN2O2.C6H8O7/c1-17(2)28-22-6-4-5-19(15-22)16-26-13-11-23(12-14-26,25-18(3)27)20-7-9-21(24)10-8-20;7-3(8)1-6(13,5(11)12)2-4(9)10/h4-10,15,17H,11-14,16H2,1-3H3,(H,25,27);13H,1-2H2,(H,7,8)(H,9,10)(H,11,12). The van der Waals surface area contributed by atoms with Crippen LogP contribution in [0.3, 0.4) is 0 Å². The van der Waals surface area contributed by atoms with Crippen molar-refractivity contribution in [3.05, 3.63) is 65.5 Å². The number of carboxylic acid groups (broad SMARTS) is 3. The number of rotatable bonds is 11. The Balaban J connectivity index is 0.000000383. The second kappa shape index (κ2) is 14.6. The van der Waals surface area contributed by atoms with Gasteiger partial charge in [-0.3, -0.25) is 19.3 Å². The lowest BCUT2D eigenvalue weighted by Crippen LogP contribution is -2.52. The molecule has 12 heteroatoms. The van der Waals surface area contributed by atoms with Gasteiger partial charge in [-0.05, 0) is 62.1 Å². The first-order valence-corrected chi connectivity index (χ1v) is 13.1. The van der Waals surface area contributed by atoms with Crippen LogP contribution in [-0.4, -0.2) is 73.9 Å². The fourth-order valence-electron chi connectivity index (χ4n) is 4.65. The van der Waals surface area contributed by atoms with Gasteiger partial charge in [-0.2, -0.15) is 0 Å². The lowest BCUT2D eigenvalue weighted by atomic mass is 9.80. The van der Waals surface area contributed by atoms with Crippen molar-refractivity contribution < 1.29 is 48.7 Å². The molecule has 1 aliphatic rings. The van der Waals surface area contributed by atoms with Gasteiger partial charge < -0.3 is 30.5 Å². The van der Waals surface area contributed by atoms with E-state index in [1.165, 1.54) is 24.6 Å². The van der Waals surface area contributed by atoms with Crippen molar-refractivity contribution in [3.8, 4) is 5.75 Å². The average molecular weight is 577 g/mol. The smallest absolute Gasteiger partial charge is 0.336 e. The number of amides is 1. The summed E-state index contributed by atoms with van der Waals surface area (Å²) in [7, 11) is 0. The van der Waals surface area contributed by atoms with E-state index in [0.29, 0.717) is 0 Å². The molecule has 0 radical (unpaired) electrons. The maximum Gasteiger partial charge on any atom is 0.336 e. The summed E-state index contributed by atoms with van der Waals surface area (Å²) in [4.78, 5) is 44.7. The Hall–Kier alpha value is -4.03. The minimum absolute atomic E-state index is 0.0590. The second-order valence-corrected chi connectivity index (χ2v) is 10.3. The average Bonchev–Trinajstić information content (AvgIpc) is 2.84. The summed E-state index contributed by atoms with van der Waals surface area (Å²) in [5, 5.41) is 36.9. The number of hydrogen-bond acceptors (Lipinski definition) is 7. The molecule has 1 fully saturated rings. The number of carbonyl (C=O) groups excluding carboxylic acids is 1. The van der Waals surface area contributed by atoms with E-state index in [9.17, 15) is 23.6 Å². The highest BCUT2D eigenvalue weighted by Gasteiger charge is 2.41. The van der Waals surface area contributed by atoms with Crippen molar-refractivity contribution in [2.24, 2.45) is 0 Å². The highest BCUT2D eigenvalue weighted by atomic mass is 19.1. The number of nitrogens with zero attached hydrogens (tertiary/aromatic N) is 1. The zero-order valence-corrected chi connectivity index (χ0v) is 23.3. The lowest BCUT2D eigenvalue weighted by molar-refractivity contribution is -0.170. The fraction of sp³-hybridized carbons (Fsp3) is 0.448. The summed E-state index contributed by atoms with van der Waals surface area (Å²) in [6, 6.07) is 14.7. The molecule has 5 N–H and O–H groups in total. The van der Waals surface area contributed by atoms with Crippen LogP contribution in [0.2, 0.25) is 0 Å². The van der Waals surface area contributed by atoms with E-state index >= 15 is 0 Å². The Bertz CT molecular complexity index is 1190. The molecule has 0 spiro atoms. The van der Waals surface area contributed by atoms with Crippen LogP contribution in [0.15, 0.2) is 48.5 Å². The van der Waals surface area contributed by atoms with Crippen LogP contribution in [0.25, 0.3) is 0 Å². The van der Waals surface area contributed by atoms with Gasteiger partial charge in [0.1, 0.15) is 11.6 Å². The summed E-state index contributed by atoms with van der Waals surface area (Å²) in [5.41, 5.74) is -0.987. The summed E-state index contributed by atoms with van der Waals surface area (Å²) < 4.78 is 19.1. The van der Waals surface area contributed by atoms with E-state index < -0.39 is 41.9 Å². The molecule has 0 unspecified atom stereocenters. The van der Waals surface area contributed by atoms with Crippen molar-refractivity contribution in [2.45, 2.75) is 70.2 Å². The van der Waals surface area contributed by atoms with Crippen molar-refractivity contribution in [2.75, 3.05) is 13.1 Å². The molecule has 224 valence electrons. The molecule has 41 heavy (non-hydrogen) atoms. The van der Waals surface area contributed by atoms with Gasteiger partial charge in [0.2, 0.25) is 5.91 Å². The number of aliphatic carboxylic acids is 3. The predicted molar refractivity (Wildman–Crippen MR) is 146 cm³/mol. The van der Waals surface area contributed by atoms with Crippen molar-refractivity contribution in [3.63, 3.8) is 0 Å². The maximum absolute atomic E-state index is 13.4. The Labute approximate surface area is 237 Å². The van der Waals surface area contributed by atoms with Gasteiger partial charge in [-0.15, -0.1) is 0 Å². The first-order chi connectivity index (χ1) is 19.1. The highest BCUT2D eigenvalue weighted by molar-refractivity contribution is 5.88. The van der Waals surface area contributed by atoms with Crippen LogP contribution in [-0.2, 0) is 31.3 Å². The zero-order valence-electron chi connectivity index (χ0n) is 23.3. The molecule has 0 saturated carbocycles. The number of ether oxygens (including phenoxy) is 1. The van der Waals surface area contributed by atoms with Gasteiger partial charge in [0.05, 0.1) is 24.5 Å². The topological polar surface area (TPSA) is 174 Å². The number of hydrogen-bond donors (Lipinski definition) is 5. The monoisotopic (exact) mass is 576 g/mol. The third kappa shape index (κ3) is 10.5. The number of nitrogens with one attached hydrogen (secondary N) is 1. The Kier molecular flexibility index (Phi) is 11.8. The lowest BCUT2D eigenvalue weighted by Gasteiger charge is -2.42. The van der Waals surface area contributed by atoms with E-state index in [0.717, 1.165) is 43.8 Å². The number of carbonyl (C=O) groups is 4. The van der Waals surface area contributed by atoms with Crippen LogP contribution in [0.1, 0.15) is 57.6 Å². The van der Waals surface area contributed by atoms with Gasteiger partial charge in [0.15, 0.2) is 5.60 Å². The molecule has 1 amide bonds. The number of benzene rings is 2. The number of aliphatic hydroxyl groups is 1. The minimum Gasteiger partial charge on any atom is -0.491 e. The van der Waals surface area contributed by atoms with E-state index in [-0.39, 0.29) is 17.8 Å². The van der Waals surface area contributed by atoms with E-state index in [4.69, 9.17) is 25.2 Å². The molecule has 0 atom stereocenters. The van der Waals surface area contributed by atoms with Gasteiger partial charge >= 0.3 is 17.9 Å². The Morgan fingerprint density at radius 2 is 1.56 bits per heavy atom. The van der Waals surface area contributed by atoms with E-state index in [1.54, 1.807) is 12.1 Å². The molecule has 11 nitrogen and oxygen atoms in total. The third-order valence-corrected chi connectivity index (χ3v) is 6.48. The molecule has 3 rings (SSSR count). The zero-order chi connectivity index (χ0) is 30.8. The molecule has 1 saturated heterocycles. The van der Waals surface area contributed by atoms with Crippen LogP contribution in [0.4, 0.5) is 4.39 Å². The van der Waals surface area contributed by atoms with Crippen LogP contribution in [0, 0.1) is 5.82 Å². The molecule has 0 bridgehead atoms. The third-order valence-electron chi connectivity index (χ3n) is 6.48. The van der Waals surface area contributed by atoms with Crippen LogP contribution < -0.4 is 10.1 Å². The first kappa shape index (κ1) is 33.2. The van der Waals surface area contributed by atoms with Crippen molar-refractivity contribution in [1.29, 1.82) is 0 Å². The molecule has 2 aromatic rings. The molecule has 0 aliphatic carbocycles. The molecule has 1 heterocycles. The number of piperidine rings is 1. The fourth-order valence-corrected chi connectivity index (χ4v) is 4.65. The molecule has 2 aromatic carbocycles. The van der Waals surface area contributed by atoms with E-state index in [1.807, 2.05) is 26.0 Å². The number of likely N-dealkylation sites (tertiary alicyclic amines) is 1. The second-order valence-electron chi connectivity index (χ2n) is 10.3. The van der Waals surface area contributed by atoms with Gasteiger partial charge in [0.25, 0.3) is 0 Å². The molecular formula is C29H37FN2O9. The number of halogens is 1. The normalized spacial score (nSPS) is 14.9. The largest absolute Gasteiger partial charge is 0.491 e. The van der Waals surface area contributed by atoms with E-state index in [2.05, 4.69) is 22.3 Å². The SMILES string of the molecule is CC(=O)NC1(c2ccc(F)cc2)CCN(Cc2cccc(OC(C)C)c2)CC1.O=C(O)CC(O)(CC(=O)O)C(=O)O. The quantitative estimate of drug-likeness (QED) is 0.268. The summed E-state index contributed by atoms with van der Waals surface area (Å²) >= 11 is 0. The van der Waals surface area contributed by atoms with Gasteiger partial charge in [0, 0.05) is 26.6 Å². The molecule has 0 aromatic heterocycles. The van der Waals surface area contributed by atoms with Crippen LogP contribution in [0.5, 0.6) is 5.75 Å². The minimum atomic E-state index is -2.74. The summed E-state index contributed by atoms with van der Waals surface area (Å²) in [6.45, 7) is 8.13. The first-order valence-electron chi connectivity index (χ1n) is 13.1. The van der Waals surface area contributed by atoms with Crippen molar-refractivity contribution >= 4 is 23.8 Å². The highest BCUT2D eigenvalue weighted by Crippen LogP contribution is 2.34. The van der Waals surface area contributed by atoms with Crippen molar-refractivity contribution in [1.82, 2.24) is 10.2 Å². The molecule has 1 aliphatic heterocycles. The Morgan fingerprint density at radius 3 is 2.02 bits per heavy atom.